The number of nitrogens with zero attached hydrogens (tertiary/aromatic N) is 2. The molecule has 21 heavy (non-hydrogen) atoms. The van der Waals surface area contributed by atoms with Gasteiger partial charge in [-0.2, -0.15) is 5.26 Å². The second-order valence-electron chi connectivity index (χ2n) is 5.72. The highest BCUT2D eigenvalue weighted by molar-refractivity contribution is 5.45. The summed E-state index contributed by atoms with van der Waals surface area (Å²) in [5.41, 5.74) is -0.734. The largest absolute Gasteiger partial charge is 0.484 e. The summed E-state index contributed by atoms with van der Waals surface area (Å²) >= 11 is 0. The zero-order chi connectivity index (χ0) is 15.5. The van der Waals surface area contributed by atoms with Crippen molar-refractivity contribution in [3.05, 3.63) is 34.4 Å². The predicted molar refractivity (Wildman–Crippen MR) is 78.0 cm³/mol. The van der Waals surface area contributed by atoms with Crippen LogP contribution in [0.1, 0.15) is 33.1 Å². The van der Waals surface area contributed by atoms with Gasteiger partial charge in [0.25, 0.3) is 0 Å². The molecule has 0 bridgehead atoms. The Bertz CT molecular complexity index is 566. The molecule has 2 unspecified atom stereocenters. The fourth-order valence-electron chi connectivity index (χ4n) is 2.36. The van der Waals surface area contributed by atoms with Crippen molar-refractivity contribution in [3.8, 4) is 11.8 Å². The molecule has 0 radical (unpaired) electrons. The summed E-state index contributed by atoms with van der Waals surface area (Å²) in [5, 5.41) is 23.6. The summed E-state index contributed by atoms with van der Waals surface area (Å²) in [7, 11) is 0. The van der Waals surface area contributed by atoms with Gasteiger partial charge in [-0.3, -0.25) is 15.4 Å². The van der Waals surface area contributed by atoms with E-state index in [1.807, 2.05) is 13.8 Å². The Hall–Kier alpha value is -2.13. The van der Waals surface area contributed by atoms with Crippen LogP contribution in [-0.4, -0.2) is 22.6 Å². The van der Waals surface area contributed by atoms with Crippen molar-refractivity contribution in [1.82, 2.24) is 5.32 Å². The van der Waals surface area contributed by atoms with E-state index in [0.717, 1.165) is 12.8 Å². The van der Waals surface area contributed by atoms with Crippen molar-refractivity contribution < 1.29 is 9.66 Å². The highest BCUT2D eigenvalue weighted by Gasteiger charge is 2.34. The maximum atomic E-state index is 11.0. The molecule has 0 aromatic heterocycles. The van der Waals surface area contributed by atoms with Gasteiger partial charge < -0.3 is 4.74 Å². The molecule has 0 spiro atoms. The van der Waals surface area contributed by atoms with Crippen LogP contribution in [0.3, 0.4) is 0 Å². The average Bonchev–Trinajstić information content (AvgIpc) is 3.22. The second kappa shape index (κ2) is 6.10. The number of nitro groups is 1. The van der Waals surface area contributed by atoms with Gasteiger partial charge in [-0.15, -0.1) is 0 Å². The number of rotatable bonds is 7. The van der Waals surface area contributed by atoms with E-state index in [9.17, 15) is 15.4 Å². The van der Waals surface area contributed by atoms with Gasteiger partial charge in [0.05, 0.1) is 17.1 Å². The quantitative estimate of drug-likeness (QED) is 0.616. The van der Waals surface area contributed by atoms with Gasteiger partial charge in [0.2, 0.25) is 0 Å². The fraction of sp³-hybridized carbons (Fsp3) is 0.533. The van der Waals surface area contributed by atoms with Crippen LogP contribution in [0.2, 0.25) is 0 Å². The van der Waals surface area contributed by atoms with Gasteiger partial charge in [-0.1, -0.05) is 12.1 Å². The Morgan fingerprint density at radius 1 is 1.57 bits per heavy atom. The van der Waals surface area contributed by atoms with E-state index in [-0.39, 0.29) is 17.5 Å². The number of nitrogens with one attached hydrogen (secondary N) is 1. The molecular formula is C15H19N3O3. The van der Waals surface area contributed by atoms with Crippen LogP contribution in [0, 0.1) is 21.4 Å². The molecule has 1 aromatic carbocycles. The number of hydrogen-bond acceptors (Lipinski definition) is 5. The standard InChI is InChI=1S/C15H19N3O3/c1-11(9-15(2,10-16)17-12-7-8-12)21-14-6-4-3-5-13(14)18(19)20/h3-6,11-12,17H,7-9H2,1-2H3. The summed E-state index contributed by atoms with van der Waals surface area (Å²) in [5.74, 6) is 0.238. The fourth-order valence-corrected chi connectivity index (χ4v) is 2.36. The summed E-state index contributed by atoms with van der Waals surface area (Å²) < 4.78 is 5.67. The Labute approximate surface area is 123 Å². The molecule has 1 fully saturated rings. The normalized spacial score (nSPS) is 18.3. The van der Waals surface area contributed by atoms with Crippen molar-refractivity contribution in [2.45, 2.75) is 50.8 Å². The lowest BCUT2D eigenvalue weighted by atomic mass is 9.96. The summed E-state index contributed by atoms with van der Waals surface area (Å²) in [4.78, 5) is 10.5. The molecule has 112 valence electrons. The van der Waals surface area contributed by atoms with E-state index >= 15 is 0 Å². The van der Waals surface area contributed by atoms with Crippen molar-refractivity contribution in [2.24, 2.45) is 0 Å². The number of para-hydroxylation sites is 2. The molecule has 2 atom stereocenters. The van der Waals surface area contributed by atoms with Crippen LogP contribution in [-0.2, 0) is 0 Å². The number of ether oxygens (including phenoxy) is 1. The Morgan fingerprint density at radius 3 is 2.81 bits per heavy atom. The topological polar surface area (TPSA) is 88.2 Å². The van der Waals surface area contributed by atoms with Gasteiger partial charge in [-0.25, -0.2) is 0 Å². The van der Waals surface area contributed by atoms with E-state index in [2.05, 4.69) is 11.4 Å². The maximum absolute atomic E-state index is 11.0. The molecule has 0 saturated heterocycles. The van der Waals surface area contributed by atoms with Gasteiger partial charge in [-0.05, 0) is 32.8 Å². The highest BCUT2D eigenvalue weighted by atomic mass is 16.6. The Morgan fingerprint density at radius 2 is 2.24 bits per heavy atom. The van der Waals surface area contributed by atoms with Crippen LogP contribution < -0.4 is 10.1 Å². The number of nitro benzene ring substituents is 1. The highest BCUT2D eigenvalue weighted by Crippen LogP contribution is 2.29. The van der Waals surface area contributed by atoms with Gasteiger partial charge >= 0.3 is 5.69 Å². The van der Waals surface area contributed by atoms with Gasteiger partial charge in [0.15, 0.2) is 5.75 Å². The Balaban J connectivity index is 2.02. The molecule has 0 amide bonds. The van der Waals surface area contributed by atoms with Crippen LogP contribution in [0.15, 0.2) is 24.3 Å². The second-order valence-corrected chi connectivity index (χ2v) is 5.72. The van der Waals surface area contributed by atoms with E-state index in [1.165, 1.54) is 6.07 Å². The van der Waals surface area contributed by atoms with Crippen LogP contribution in [0.25, 0.3) is 0 Å². The predicted octanol–water partition coefficient (Wildman–Crippen LogP) is 2.79. The molecule has 1 aliphatic carbocycles. The van der Waals surface area contributed by atoms with Crippen molar-refractivity contribution in [1.29, 1.82) is 5.26 Å². The molecule has 2 rings (SSSR count). The molecule has 1 aliphatic rings. The monoisotopic (exact) mass is 289 g/mol. The van der Waals surface area contributed by atoms with Gasteiger partial charge in [0.1, 0.15) is 5.54 Å². The summed E-state index contributed by atoms with van der Waals surface area (Å²) in [6, 6.07) is 8.97. The van der Waals surface area contributed by atoms with Crippen LogP contribution >= 0.6 is 0 Å². The minimum atomic E-state index is -0.676. The molecule has 0 aliphatic heterocycles. The van der Waals surface area contributed by atoms with Crippen molar-refractivity contribution in [3.63, 3.8) is 0 Å². The molecule has 0 heterocycles. The number of hydrogen-bond donors (Lipinski definition) is 1. The Kier molecular flexibility index (Phi) is 4.43. The first-order valence-electron chi connectivity index (χ1n) is 7.02. The first kappa shape index (κ1) is 15.3. The van der Waals surface area contributed by atoms with E-state index in [4.69, 9.17) is 4.74 Å². The lowest BCUT2D eigenvalue weighted by molar-refractivity contribution is -0.386. The molecule has 6 nitrogen and oxygen atoms in total. The van der Waals surface area contributed by atoms with E-state index < -0.39 is 10.5 Å². The zero-order valence-electron chi connectivity index (χ0n) is 12.2. The van der Waals surface area contributed by atoms with Crippen LogP contribution in [0.4, 0.5) is 5.69 Å². The number of nitriles is 1. The van der Waals surface area contributed by atoms with E-state index in [1.54, 1.807) is 18.2 Å². The third-order valence-electron chi connectivity index (χ3n) is 3.43. The molecule has 6 heteroatoms. The summed E-state index contributed by atoms with van der Waals surface area (Å²) in [6.45, 7) is 3.66. The smallest absolute Gasteiger partial charge is 0.310 e. The maximum Gasteiger partial charge on any atom is 0.310 e. The third kappa shape index (κ3) is 4.17. The van der Waals surface area contributed by atoms with Crippen molar-refractivity contribution in [2.75, 3.05) is 0 Å². The average molecular weight is 289 g/mol. The molecule has 1 N–H and O–H groups in total. The zero-order valence-corrected chi connectivity index (χ0v) is 12.2. The molecule has 1 saturated carbocycles. The molecule has 1 aromatic rings. The third-order valence-corrected chi connectivity index (χ3v) is 3.43. The minimum Gasteiger partial charge on any atom is -0.484 e. The SMILES string of the molecule is CC(CC(C)(C#N)NC1CC1)Oc1ccccc1[N+](=O)[O-]. The van der Waals surface area contributed by atoms with Crippen molar-refractivity contribution >= 4 is 5.69 Å². The first-order chi connectivity index (χ1) is 9.93. The summed E-state index contributed by atoms with van der Waals surface area (Å²) in [6.07, 6.45) is 2.35. The van der Waals surface area contributed by atoms with E-state index in [0.29, 0.717) is 12.5 Å². The van der Waals surface area contributed by atoms with Gasteiger partial charge in [0, 0.05) is 18.5 Å². The minimum absolute atomic E-state index is 0.0573. The molecular weight excluding hydrogens is 270 g/mol. The lowest BCUT2D eigenvalue weighted by Crippen LogP contribution is -2.45. The first-order valence-corrected chi connectivity index (χ1v) is 7.02. The lowest BCUT2D eigenvalue weighted by Gasteiger charge is -2.27. The number of benzene rings is 1. The van der Waals surface area contributed by atoms with Crippen LogP contribution in [0.5, 0.6) is 5.75 Å².